The highest BCUT2D eigenvalue weighted by Gasteiger charge is 2.24. The van der Waals surface area contributed by atoms with Crippen LogP contribution in [0.2, 0.25) is 0 Å². The molecule has 2 fully saturated rings. The summed E-state index contributed by atoms with van der Waals surface area (Å²) in [4.78, 5) is 11.9. The van der Waals surface area contributed by atoms with Crippen molar-refractivity contribution in [3.05, 3.63) is 0 Å². The molecule has 2 atom stereocenters. The van der Waals surface area contributed by atoms with Crippen LogP contribution < -0.4 is 11.1 Å². The van der Waals surface area contributed by atoms with Gasteiger partial charge in [0.1, 0.15) is 0 Å². The average molecular weight is 266 g/mol. The van der Waals surface area contributed by atoms with E-state index in [1.54, 1.807) is 0 Å². The summed E-state index contributed by atoms with van der Waals surface area (Å²) in [5.74, 6) is 2.50. The van der Waals surface area contributed by atoms with Crippen LogP contribution in [0.1, 0.15) is 64.7 Å². The third-order valence-electron chi connectivity index (χ3n) is 5.27. The maximum atomic E-state index is 11.9. The summed E-state index contributed by atoms with van der Waals surface area (Å²) in [7, 11) is 0. The van der Waals surface area contributed by atoms with Gasteiger partial charge in [0.05, 0.1) is 0 Å². The highest BCUT2D eigenvalue weighted by Crippen LogP contribution is 2.30. The fourth-order valence-electron chi connectivity index (χ4n) is 3.67. The summed E-state index contributed by atoms with van der Waals surface area (Å²) in [6, 6.07) is 0.411. The quantitative estimate of drug-likeness (QED) is 0.804. The van der Waals surface area contributed by atoms with E-state index in [4.69, 9.17) is 5.73 Å². The highest BCUT2D eigenvalue weighted by molar-refractivity contribution is 5.75. The highest BCUT2D eigenvalue weighted by atomic mass is 16.1. The number of hydrogen-bond donors (Lipinski definition) is 2. The first-order valence-electron chi connectivity index (χ1n) is 8.17. The lowest BCUT2D eigenvalue weighted by Gasteiger charge is -2.25. The molecule has 2 aliphatic rings. The van der Waals surface area contributed by atoms with Gasteiger partial charge in [-0.15, -0.1) is 0 Å². The van der Waals surface area contributed by atoms with Gasteiger partial charge in [0.15, 0.2) is 0 Å². The average Bonchev–Trinajstić information content (AvgIpc) is 2.81. The first-order chi connectivity index (χ1) is 9.15. The molecule has 0 spiro atoms. The van der Waals surface area contributed by atoms with Crippen molar-refractivity contribution < 1.29 is 4.79 Å². The smallest absolute Gasteiger partial charge is 0.220 e. The van der Waals surface area contributed by atoms with Gasteiger partial charge in [0.2, 0.25) is 5.91 Å². The van der Waals surface area contributed by atoms with Crippen LogP contribution in [-0.2, 0) is 4.79 Å². The largest absolute Gasteiger partial charge is 0.356 e. The molecule has 0 aliphatic heterocycles. The molecule has 1 amide bonds. The van der Waals surface area contributed by atoms with Gasteiger partial charge >= 0.3 is 0 Å². The van der Waals surface area contributed by atoms with Crippen LogP contribution in [0.5, 0.6) is 0 Å². The molecular weight excluding hydrogens is 236 g/mol. The molecule has 0 aromatic heterocycles. The number of amides is 1. The van der Waals surface area contributed by atoms with Gasteiger partial charge in [-0.25, -0.2) is 0 Å². The van der Waals surface area contributed by atoms with E-state index >= 15 is 0 Å². The van der Waals surface area contributed by atoms with Crippen molar-refractivity contribution in [2.24, 2.45) is 23.5 Å². The Kier molecular flexibility index (Phi) is 5.68. The van der Waals surface area contributed by atoms with E-state index < -0.39 is 0 Å². The molecule has 19 heavy (non-hydrogen) atoms. The molecule has 2 unspecified atom stereocenters. The van der Waals surface area contributed by atoms with Crippen molar-refractivity contribution in [2.75, 3.05) is 6.54 Å². The van der Waals surface area contributed by atoms with Crippen molar-refractivity contribution in [2.45, 2.75) is 70.8 Å². The Morgan fingerprint density at radius 3 is 2.53 bits per heavy atom. The van der Waals surface area contributed by atoms with Crippen LogP contribution in [0, 0.1) is 17.8 Å². The van der Waals surface area contributed by atoms with Gasteiger partial charge in [-0.1, -0.05) is 19.8 Å². The van der Waals surface area contributed by atoms with Crippen LogP contribution >= 0.6 is 0 Å². The fraction of sp³-hybridized carbons (Fsp3) is 0.938. The zero-order chi connectivity index (χ0) is 13.7. The number of nitrogens with one attached hydrogen (secondary N) is 1. The predicted molar refractivity (Wildman–Crippen MR) is 78.7 cm³/mol. The monoisotopic (exact) mass is 266 g/mol. The van der Waals surface area contributed by atoms with Gasteiger partial charge in [0, 0.05) is 19.0 Å². The molecule has 2 saturated carbocycles. The van der Waals surface area contributed by atoms with Gasteiger partial charge in [-0.05, 0) is 56.3 Å². The second-order valence-electron chi connectivity index (χ2n) is 6.79. The molecule has 0 aromatic rings. The minimum Gasteiger partial charge on any atom is -0.356 e. The van der Waals surface area contributed by atoms with E-state index in [9.17, 15) is 4.79 Å². The molecular formula is C16H30N2O. The lowest BCUT2D eigenvalue weighted by molar-refractivity contribution is -0.121. The Hall–Kier alpha value is -0.570. The van der Waals surface area contributed by atoms with E-state index in [1.165, 1.54) is 32.1 Å². The van der Waals surface area contributed by atoms with E-state index in [0.717, 1.165) is 43.6 Å². The number of nitrogens with two attached hydrogens (primary N) is 1. The minimum atomic E-state index is 0.258. The molecule has 0 heterocycles. The topological polar surface area (TPSA) is 55.1 Å². The van der Waals surface area contributed by atoms with Crippen molar-refractivity contribution >= 4 is 5.91 Å². The summed E-state index contributed by atoms with van der Waals surface area (Å²) in [5.41, 5.74) is 5.90. The van der Waals surface area contributed by atoms with Crippen molar-refractivity contribution in [1.29, 1.82) is 0 Å². The Balaban J connectivity index is 1.57. The third kappa shape index (κ3) is 4.79. The van der Waals surface area contributed by atoms with E-state index in [2.05, 4.69) is 12.2 Å². The number of hydrogen-bond acceptors (Lipinski definition) is 2. The van der Waals surface area contributed by atoms with Crippen molar-refractivity contribution in [3.63, 3.8) is 0 Å². The molecule has 0 bridgehead atoms. The summed E-state index contributed by atoms with van der Waals surface area (Å²) >= 11 is 0. The molecule has 0 radical (unpaired) electrons. The lowest BCUT2D eigenvalue weighted by atomic mass is 9.84. The van der Waals surface area contributed by atoms with Crippen LogP contribution in [0.3, 0.4) is 0 Å². The van der Waals surface area contributed by atoms with Gasteiger partial charge in [-0.3, -0.25) is 4.79 Å². The standard InChI is InChI=1S/C16H30N2O/c1-12-3-2-4-14(12)11-18-16(19)10-7-13-5-8-15(17)9-6-13/h12-15H,2-11,17H2,1H3,(H,18,19). The molecule has 3 heteroatoms. The molecule has 2 aliphatic carbocycles. The maximum absolute atomic E-state index is 11.9. The minimum absolute atomic E-state index is 0.258. The molecule has 3 nitrogen and oxygen atoms in total. The Morgan fingerprint density at radius 1 is 1.16 bits per heavy atom. The zero-order valence-electron chi connectivity index (χ0n) is 12.4. The predicted octanol–water partition coefficient (Wildman–Crippen LogP) is 2.84. The summed E-state index contributed by atoms with van der Waals surface area (Å²) < 4.78 is 0. The maximum Gasteiger partial charge on any atom is 0.220 e. The van der Waals surface area contributed by atoms with Crippen LogP contribution in [0.15, 0.2) is 0 Å². The first-order valence-corrected chi connectivity index (χ1v) is 8.17. The SMILES string of the molecule is CC1CCCC1CNC(=O)CCC1CCC(N)CC1. The normalized spacial score (nSPS) is 35.3. The van der Waals surface area contributed by atoms with E-state index in [-0.39, 0.29) is 5.91 Å². The van der Waals surface area contributed by atoms with Gasteiger partial charge < -0.3 is 11.1 Å². The molecule has 110 valence electrons. The van der Waals surface area contributed by atoms with Crippen LogP contribution in [-0.4, -0.2) is 18.5 Å². The van der Waals surface area contributed by atoms with Crippen LogP contribution in [0.4, 0.5) is 0 Å². The second-order valence-corrected chi connectivity index (χ2v) is 6.79. The third-order valence-corrected chi connectivity index (χ3v) is 5.27. The zero-order valence-corrected chi connectivity index (χ0v) is 12.4. The van der Waals surface area contributed by atoms with Gasteiger partial charge in [-0.2, -0.15) is 0 Å². The number of rotatable bonds is 5. The van der Waals surface area contributed by atoms with Crippen molar-refractivity contribution in [1.82, 2.24) is 5.32 Å². The fourth-order valence-corrected chi connectivity index (χ4v) is 3.67. The first kappa shape index (κ1) is 14.8. The molecule has 3 N–H and O–H groups in total. The number of carbonyl (C=O) groups excluding carboxylic acids is 1. The van der Waals surface area contributed by atoms with E-state index in [1.807, 2.05) is 0 Å². The Morgan fingerprint density at radius 2 is 1.89 bits per heavy atom. The van der Waals surface area contributed by atoms with E-state index in [0.29, 0.717) is 12.5 Å². The number of carbonyl (C=O) groups is 1. The summed E-state index contributed by atoms with van der Waals surface area (Å²) in [5, 5.41) is 3.14. The van der Waals surface area contributed by atoms with Crippen LogP contribution in [0.25, 0.3) is 0 Å². The Bertz CT molecular complexity index is 284. The molecule has 0 aromatic carbocycles. The summed E-state index contributed by atoms with van der Waals surface area (Å²) in [6.45, 7) is 3.21. The molecule has 0 saturated heterocycles. The van der Waals surface area contributed by atoms with Gasteiger partial charge in [0.25, 0.3) is 0 Å². The van der Waals surface area contributed by atoms with Crippen molar-refractivity contribution in [3.8, 4) is 0 Å². The Labute approximate surface area is 117 Å². The second kappa shape index (κ2) is 7.28. The lowest BCUT2D eigenvalue weighted by Crippen LogP contribution is -2.31. The molecule has 2 rings (SSSR count). The summed E-state index contributed by atoms with van der Waals surface area (Å²) in [6.07, 6.45) is 10.5.